The lowest BCUT2D eigenvalue weighted by atomic mass is 10.1. The number of nitrogens with zero attached hydrogens (tertiary/aromatic N) is 3. The third-order valence-corrected chi connectivity index (χ3v) is 3.67. The van der Waals surface area contributed by atoms with E-state index in [2.05, 4.69) is 15.4 Å². The quantitative estimate of drug-likeness (QED) is 0.573. The molecule has 0 aliphatic heterocycles. The number of hydrogen-bond acceptors (Lipinski definition) is 4. The summed E-state index contributed by atoms with van der Waals surface area (Å²) >= 11 is 0. The molecule has 3 aromatic rings. The van der Waals surface area contributed by atoms with Crippen LogP contribution >= 0.6 is 0 Å². The molecule has 0 spiro atoms. The third kappa shape index (κ3) is 3.77. The molecule has 0 saturated carbocycles. The maximum Gasteiger partial charge on any atom is 0.292 e. The third-order valence-electron chi connectivity index (χ3n) is 3.67. The first-order chi connectivity index (χ1) is 12.0. The van der Waals surface area contributed by atoms with Crippen LogP contribution in [0.2, 0.25) is 0 Å². The zero-order chi connectivity index (χ0) is 17.8. The molecular weight excluding hydrogens is 323 g/mol. The molecule has 1 aromatic carbocycles. The number of carbonyl (C=O) groups is 2. The molecule has 0 radical (unpaired) electrons. The monoisotopic (exact) mass is 338 g/mol. The van der Waals surface area contributed by atoms with E-state index in [-0.39, 0.29) is 11.4 Å². The Balaban J connectivity index is 1.69. The molecule has 0 unspecified atom stereocenters. The van der Waals surface area contributed by atoms with Gasteiger partial charge < -0.3 is 5.32 Å². The molecule has 2 heterocycles. The van der Waals surface area contributed by atoms with Crippen molar-refractivity contribution in [2.75, 3.05) is 0 Å². The fourth-order valence-electron chi connectivity index (χ4n) is 2.27. The largest absolute Gasteiger partial charge is 0.343 e. The smallest absolute Gasteiger partial charge is 0.292 e. The minimum Gasteiger partial charge on any atom is -0.343 e. The van der Waals surface area contributed by atoms with Gasteiger partial charge in [-0.15, -0.1) is 0 Å². The molecule has 0 bridgehead atoms. The van der Waals surface area contributed by atoms with Gasteiger partial charge in [0.2, 0.25) is 0 Å². The van der Waals surface area contributed by atoms with Crippen molar-refractivity contribution in [2.45, 2.75) is 13.0 Å². The molecule has 1 amide bonds. The number of hydrogen-bond donors (Lipinski definition) is 1. The highest BCUT2D eigenvalue weighted by atomic mass is 19.1. The fraction of sp³-hybridized carbons (Fsp3) is 0.111. The topological polar surface area (TPSA) is 76.9 Å². The molecule has 7 heteroatoms. The van der Waals surface area contributed by atoms with Gasteiger partial charge in [-0.05, 0) is 43.3 Å². The molecule has 0 aliphatic carbocycles. The van der Waals surface area contributed by atoms with Crippen molar-refractivity contribution in [3.05, 3.63) is 78.1 Å². The molecule has 0 aliphatic rings. The number of pyridine rings is 1. The van der Waals surface area contributed by atoms with Crippen LogP contribution < -0.4 is 5.32 Å². The first-order valence-electron chi connectivity index (χ1n) is 7.60. The van der Waals surface area contributed by atoms with Crippen LogP contribution in [0.3, 0.4) is 0 Å². The molecule has 1 atom stereocenters. The number of rotatable bonds is 5. The minimum absolute atomic E-state index is 0.231. The van der Waals surface area contributed by atoms with Gasteiger partial charge in [0, 0.05) is 29.7 Å². The summed E-state index contributed by atoms with van der Waals surface area (Å²) in [4.78, 5) is 28.0. The molecule has 0 saturated heterocycles. The highest BCUT2D eigenvalue weighted by Gasteiger charge is 2.19. The standard InChI is InChI=1S/C18H15FN4O2/c1-12(22-18(25)17(24)13-3-2-8-20-9-13)14-10-21-23(11-14)16-6-4-15(19)5-7-16/h2-12H,1H3,(H,22,25)/t12-/m0/s1. The molecule has 3 rings (SSSR count). The molecule has 6 nitrogen and oxygen atoms in total. The number of nitrogens with one attached hydrogen (secondary N) is 1. The first kappa shape index (κ1) is 16.5. The zero-order valence-corrected chi connectivity index (χ0v) is 13.4. The van der Waals surface area contributed by atoms with Crippen molar-refractivity contribution in [3.8, 4) is 5.69 Å². The molecule has 0 fully saturated rings. The van der Waals surface area contributed by atoms with E-state index in [9.17, 15) is 14.0 Å². The van der Waals surface area contributed by atoms with E-state index in [1.54, 1.807) is 42.2 Å². The Labute approximate surface area is 143 Å². The van der Waals surface area contributed by atoms with Gasteiger partial charge in [0.05, 0.1) is 17.9 Å². The number of halogens is 1. The van der Waals surface area contributed by atoms with Crippen LogP contribution in [-0.4, -0.2) is 26.5 Å². The van der Waals surface area contributed by atoms with Crippen LogP contribution in [0.5, 0.6) is 0 Å². The van der Waals surface area contributed by atoms with Crippen molar-refractivity contribution in [1.29, 1.82) is 0 Å². The number of ketones is 1. The van der Waals surface area contributed by atoms with Gasteiger partial charge in [-0.3, -0.25) is 14.6 Å². The van der Waals surface area contributed by atoms with E-state index in [4.69, 9.17) is 0 Å². The number of amides is 1. The van der Waals surface area contributed by atoms with E-state index in [0.29, 0.717) is 5.69 Å². The number of carbonyl (C=O) groups excluding carboxylic acids is 2. The fourth-order valence-corrected chi connectivity index (χ4v) is 2.27. The molecule has 2 aromatic heterocycles. The van der Waals surface area contributed by atoms with E-state index in [0.717, 1.165) is 5.56 Å². The van der Waals surface area contributed by atoms with Gasteiger partial charge in [-0.25, -0.2) is 9.07 Å². The lowest BCUT2D eigenvalue weighted by molar-refractivity contribution is -0.117. The van der Waals surface area contributed by atoms with Crippen molar-refractivity contribution >= 4 is 11.7 Å². The van der Waals surface area contributed by atoms with Gasteiger partial charge in [-0.2, -0.15) is 5.10 Å². The lowest BCUT2D eigenvalue weighted by Gasteiger charge is -2.11. The van der Waals surface area contributed by atoms with Crippen LogP contribution in [0.25, 0.3) is 5.69 Å². The van der Waals surface area contributed by atoms with Crippen molar-refractivity contribution in [1.82, 2.24) is 20.1 Å². The van der Waals surface area contributed by atoms with Gasteiger partial charge in [0.1, 0.15) is 5.82 Å². The van der Waals surface area contributed by atoms with Gasteiger partial charge in [0.25, 0.3) is 11.7 Å². The summed E-state index contributed by atoms with van der Waals surface area (Å²) in [5.74, 6) is -1.69. The Morgan fingerprint density at radius 3 is 2.60 bits per heavy atom. The maximum atomic E-state index is 13.0. The SMILES string of the molecule is C[C@H](NC(=O)C(=O)c1cccnc1)c1cnn(-c2ccc(F)cc2)c1. The van der Waals surface area contributed by atoms with Crippen molar-refractivity contribution in [3.63, 3.8) is 0 Å². The molecular formula is C18H15FN4O2. The minimum atomic E-state index is -0.713. The lowest BCUT2D eigenvalue weighted by Crippen LogP contribution is -2.33. The van der Waals surface area contributed by atoms with Crippen LogP contribution in [0.15, 0.2) is 61.2 Å². The molecule has 126 valence electrons. The van der Waals surface area contributed by atoms with Crippen LogP contribution in [0.1, 0.15) is 28.9 Å². The zero-order valence-electron chi connectivity index (χ0n) is 13.4. The van der Waals surface area contributed by atoms with Crippen LogP contribution in [-0.2, 0) is 4.79 Å². The summed E-state index contributed by atoms with van der Waals surface area (Å²) in [6, 6.07) is 8.59. The highest BCUT2D eigenvalue weighted by Crippen LogP contribution is 2.15. The highest BCUT2D eigenvalue weighted by molar-refractivity contribution is 6.42. The number of benzene rings is 1. The predicted molar refractivity (Wildman–Crippen MR) is 88.6 cm³/mol. The summed E-state index contributed by atoms with van der Waals surface area (Å²) < 4.78 is 14.6. The van der Waals surface area contributed by atoms with Crippen molar-refractivity contribution < 1.29 is 14.0 Å². The second kappa shape index (κ2) is 7.04. The Morgan fingerprint density at radius 1 is 1.16 bits per heavy atom. The molecule has 25 heavy (non-hydrogen) atoms. The second-order valence-corrected chi connectivity index (χ2v) is 5.46. The van der Waals surface area contributed by atoms with E-state index >= 15 is 0 Å². The van der Waals surface area contributed by atoms with Crippen LogP contribution in [0.4, 0.5) is 4.39 Å². The van der Waals surface area contributed by atoms with E-state index in [1.807, 2.05) is 0 Å². The Bertz CT molecular complexity index is 891. The van der Waals surface area contributed by atoms with Gasteiger partial charge >= 0.3 is 0 Å². The van der Waals surface area contributed by atoms with Gasteiger partial charge in [0.15, 0.2) is 0 Å². The Kier molecular flexibility index (Phi) is 4.65. The predicted octanol–water partition coefficient (Wildman–Crippen LogP) is 2.47. The Hall–Kier alpha value is -3.35. The normalized spacial score (nSPS) is 11.8. The first-order valence-corrected chi connectivity index (χ1v) is 7.60. The average Bonchev–Trinajstić information content (AvgIpc) is 3.12. The summed E-state index contributed by atoms with van der Waals surface area (Å²) in [5.41, 5.74) is 1.64. The summed E-state index contributed by atoms with van der Waals surface area (Å²) in [6.07, 6.45) is 6.18. The van der Waals surface area contributed by atoms with E-state index < -0.39 is 17.7 Å². The second-order valence-electron chi connectivity index (χ2n) is 5.46. The number of Topliss-reactive ketones (excluding diaryl/α,β-unsaturated/α-hetero) is 1. The average molecular weight is 338 g/mol. The molecule has 1 N–H and O–H groups in total. The summed E-state index contributed by atoms with van der Waals surface area (Å²) in [5, 5.41) is 6.83. The number of aromatic nitrogens is 3. The summed E-state index contributed by atoms with van der Waals surface area (Å²) in [7, 11) is 0. The van der Waals surface area contributed by atoms with Crippen molar-refractivity contribution in [2.24, 2.45) is 0 Å². The maximum absolute atomic E-state index is 13.0. The van der Waals surface area contributed by atoms with Gasteiger partial charge in [-0.1, -0.05) is 0 Å². The summed E-state index contributed by atoms with van der Waals surface area (Å²) in [6.45, 7) is 1.75. The van der Waals surface area contributed by atoms with E-state index in [1.165, 1.54) is 30.6 Å². The Morgan fingerprint density at radius 2 is 1.92 bits per heavy atom. The van der Waals surface area contributed by atoms with Crippen LogP contribution in [0, 0.1) is 5.82 Å².